The zero-order chi connectivity index (χ0) is 17.4. The van der Waals surface area contributed by atoms with Crippen LogP contribution in [0.15, 0.2) is 54.7 Å². The van der Waals surface area contributed by atoms with Gasteiger partial charge in [0.15, 0.2) is 5.78 Å². The molecule has 0 aliphatic rings. The number of aromatic nitrogens is 5. The molecule has 2 heterocycles. The van der Waals surface area contributed by atoms with E-state index in [1.165, 1.54) is 4.80 Å². The molecule has 0 saturated carbocycles. The summed E-state index contributed by atoms with van der Waals surface area (Å²) < 4.78 is 0. The van der Waals surface area contributed by atoms with Crippen LogP contribution < -0.4 is 0 Å². The van der Waals surface area contributed by atoms with Gasteiger partial charge >= 0.3 is 0 Å². The summed E-state index contributed by atoms with van der Waals surface area (Å²) in [5.74, 6) is 0.382. The van der Waals surface area contributed by atoms with Crippen LogP contribution in [-0.4, -0.2) is 31.0 Å². The molecule has 25 heavy (non-hydrogen) atoms. The number of tetrazole rings is 1. The standard InChI is InChI=1S/C18H14ClN5O/c1-11(17(25)15-10-20-16-5-3-2-4-14(15)16)24-22-18(21-23-24)12-6-8-13(19)9-7-12/h2-11,20H,1H3. The van der Waals surface area contributed by atoms with Crippen molar-refractivity contribution in [1.29, 1.82) is 0 Å². The van der Waals surface area contributed by atoms with E-state index in [1.807, 2.05) is 36.4 Å². The van der Waals surface area contributed by atoms with Gasteiger partial charge in [0.25, 0.3) is 0 Å². The van der Waals surface area contributed by atoms with Gasteiger partial charge < -0.3 is 4.98 Å². The molecule has 0 amide bonds. The molecule has 1 atom stereocenters. The Labute approximate surface area is 148 Å². The van der Waals surface area contributed by atoms with Crippen LogP contribution in [0.4, 0.5) is 0 Å². The predicted molar refractivity (Wildman–Crippen MR) is 95.6 cm³/mol. The van der Waals surface area contributed by atoms with Gasteiger partial charge in [0, 0.05) is 33.2 Å². The second-order valence-electron chi connectivity index (χ2n) is 5.73. The van der Waals surface area contributed by atoms with Gasteiger partial charge in [-0.15, -0.1) is 10.2 Å². The van der Waals surface area contributed by atoms with Gasteiger partial charge in [-0.3, -0.25) is 4.79 Å². The highest BCUT2D eigenvalue weighted by molar-refractivity contribution is 6.30. The number of H-pyrrole nitrogens is 1. The highest BCUT2D eigenvalue weighted by Crippen LogP contribution is 2.23. The largest absolute Gasteiger partial charge is 0.360 e. The van der Waals surface area contributed by atoms with E-state index in [4.69, 9.17) is 11.6 Å². The molecule has 6 nitrogen and oxygen atoms in total. The number of hydrogen-bond acceptors (Lipinski definition) is 4. The Morgan fingerprint density at radius 1 is 1.16 bits per heavy atom. The average Bonchev–Trinajstić information content (AvgIpc) is 3.28. The number of nitrogens with zero attached hydrogens (tertiary/aromatic N) is 4. The maximum absolute atomic E-state index is 12.8. The Balaban J connectivity index is 1.63. The molecule has 1 N–H and O–H groups in total. The summed E-state index contributed by atoms with van der Waals surface area (Å²) in [5.41, 5.74) is 2.34. The first-order valence-corrected chi connectivity index (χ1v) is 8.17. The summed E-state index contributed by atoms with van der Waals surface area (Å²) in [6.45, 7) is 1.76. The van der Waals surface area contributed by atoms with Crippen molar-refractivity contribution in [2.45, 2.75) is 13.0 Å². The number of Topliss-reactive ketones (excluding diaryl/α,β-unsaturated/α-hetero) is 1. The van der Waals surface area contributed by atoms with Crippen molar-refractivity contribution in [1.82, 2.24) is 25.2 Å². The number of nitrogens with one attached hydrogen (secondary N) is 1. The van der Waals surface area contributed by atoms with Crippen LogP contribution in [0, 0.1) is 0 Å². The fourth-order valence-electron chi connectivity index (χ4n) is 2.71. The van der Waals surface area contributed by atoms with Crippen molar-refractivity contribution in [3.05, 3.63) is 65.3 Å². The lowest BCUT2D eigenvalue weighted by Crippen LogP contribution is -2.19. The Morgan fingerprint density at radius 2 is 1.92 bits per heavy atom. The smallest absolute Gasteiger partial charge is 0.204 e. The normalized spacial score (nSPS) is 12.4. The molecule has 2 aromatic heterocycles. The zero-order valence-electron chi connectivity index (χ0n) is 13.3. The highest BCUT2D eigenvalue weighted by atomic mass is 35.5. The van der Waals surface area contributed by atoms with Crippen molar-refractivity contribution in [3.8, 4) is 11.4 Å². The Kier molecular flexibility index (Phi) is 3.82. The Morgan fingerprint density at radius 3 is 2.72 bits per heavy atom. The van der Waals surface area contributed by atoms with Gasteiger partial charge in [-0.25, -0.2) is 0 Å². The first kappa shape index (κ1) is 15.5. The Bertz CT molecular complexity index is 1050. The molecule has 1 unspecified atom stereocenters. The molecule has 2 aromatic carbocycles. The number of rotatable bonds is 4. The third-order valence-corrected chi connectivity index (χ3v) is 4.36. The quantitative estimate of drug-likeness (QED) is 0.565. The minimum absolute atomic E-state index is 0.0718. The van der Waals surface area contributed by atoms with Gasteiger partial charge in [0.1, 0.15) is 6.04 Å². The number of ketones is 1. The number of para-hydroxylation sites is 1. The molecule has 0 saturated heterocycles. The van der Waals surface area contributed by atoms with Gasteiger partial charge in [0.05, 0.1) is 0 Å². The second kappa shape index (κ2) is 6.14. The molecule has 0 spiro atoms. The molecule has 4 aromatic rings. The maximum Gasteiger partial charge on any atom is 0.204 e. The van der Waals surface area contributed by atoms with Gasteiger partial charge in [-0.05, 0) is 42.5 Å². The molecule has 0 fully saturated rings. The fraction of sp³-hybridized carbons (Fsp3) is 0.111. The summed E-state index contributed by atoms with van der Waals surface area (Å²) >= 11 is 5.89. The number of aromatic amines is 1. The lowest BCUT2D eigenvalue weighted by atomic mass is 10.1. The topological polar surface area (TPSA) is 76.5 Å². The van der Waals surface area contributed by atoms with Crippen molar-refractivity contribution < 1.29 is 4.79 Å². The second-order valence-corrected chi connectivity index (χ2v) is 6.16. The minimum atomic E-state index is -0.562. The van der Waals surface area contributed by atoms with Crippen LogP contribution in [0.5, 0.6) is 0 Å². The van der Waals surface area contributed by atoms with E-state index in [2.05, 4.69) is 20.4 Å². The summed E-state index contributed by atoms with van der Waals surface area (Å²) in [5, 5.41) is 13.9. The number of benzene rings is 2. The summed E-state index contributed by atoms with van der Waals surface area (Å²) in [4.78, 5) is 17.3. The number of carbonyl (C=O) groups is 1. The molecule has 0 radical (unpaired) electrons. The number of hydrogen-bond donors (Lipinski definition) is 1. The summed E-state index contributed by atoms with van der Waals surface area (Å²) in [6, 6.07) is 14.3. The van der Waals surface area contributed by atoms with Crippen molar-refractivity contribution >= 4 is 28.3 Å². The first-order valence-electron chi connectivity index (χ1n) is 7.79. The molecule has 7 heteroatoms. The highest BCUT2D eigenvalue weighted by Gasteiger charge is 2.22. The summed E-state index contributed by atoms with van der Waals surface area (Å²) in [6.07, 6.45) is 1.72. The van der Waals surface area contributed by atoms with E-state index in [-0.39, 0.29) is 5.78 Å². The maximum atomic E-state index is 12.8. The van der Waals surface area contributed by atoms with E-state index < -0.39 is 6.04 Å². The first-order chi connectivity index (χ1) is 12.1. The lowest BCUT2D eigenvalue weighted by Gasteiger charge is -2.07. The number of fused-ring (bicyclic) bond motifs is 1. The SMILES string of the molecule is CC(C(=O)c1c[nH]c2ccccc12)n1nnc(-c2ccc(Cl)cc2)n1. The lowest BCUT2D eigenvalue weighted by molar-refractivity contribution is 0.0920. The van der Waals surface area contributed by atoms with E-state index in [9.17, 15) is 4.79 Å². The van der Waals surface area contributed by atoms with E-state index in [0.717, 1.165) is 16.5 Å². The number of halogens is 1. The monoisotopic (exact) mass is 351 g/mol. The predicted octanol–water partition coefficient (Wildman–Crippen LogP) is 3.92. The molecule has 124 valence electrons. The van der Waals surface area contributed by atoms with Crippen LogP contribution in [0.2, 0.25) is 5.02 Å². The van der Waals surface area contributed by atoms with Crippen LogP contribution in [-0.2, 0) is 0 Å². The van der Waals surface area contributed by atoms with Gasteiger partial charge in [-0.1, -0.05) is 29.8 Å². The summed E-state index contributed by atoms with van der Waals surface area (Å²) in [7, 11) is 0. The van der Waals surface area contributed by atoms with Crippen LogP contribution in [0.3, 0.4) is 0 Å². The van der Waals surface area contributed by atoms with Gasteiger partial charge in [-0.2, -0.15) is 4.80 Å². The van der Waals surface area contributed by atoms with E-state index in [1.54, 1.807) is 25.3 Å². The minimum Gasteiger partial charge on any atom is -0.360 e. The molecule has 0 bridgehead atoms. The van der Waals surface area contributed by atoms with E-state index >= 15 is 0 Å². The molecular formula is C18H14ClN5O. The van der Waals surface area contributed by atoms with Crippen LogP contribution in [0.25, 0.3) is 22.3 Å². The molecule has 4 rings (SSSR count). The number of carbonyl (C=O) groups excluding carboxylic acids is 1. The zero-order valence-corrected chi connectivity index (χ0v) is 14.1. The average molecular weight is 352 g/mol. The molecule has 0 aliphatic heterocycles. The molecular weight excluding hydrogens is 338 g/mol. The third-order valence-electron chi connectivity index (χ3n) is 4.11. The molecule has 0 aliphatic carbocycles. The Hall–Kier alpha value is -2.99. The van der Waals surface area contributed by atoms with Crippen LogP contribution in [0.1, 0.15) is 23.3 Å². The van der Waals surface area contributed by atoms with E-state index in [0.29, 0.717) is 16.4 Å². The third kappa shape index (κ3) is 2.81. The van der Waals surface area contributed by atoms with Crippen molar-refractivity contribution in [2.24, 2.45) is 0 Å². The van der Waals surface area contributed by atoms with Crippen molar-refractivity contribution in [2.75, 3.05) is 0 Å². The fourth-order valence-corrected chi connectivity index (χ4v) is 2.84. The van der Waals surface area contributed by atoms with Crippen LogP contribution >= 0.6 is 11.6 Å². The van der Waals surface area contributed by atoms with Gasteiger partial charge in [0.2, 0.25) is 5.82 Å². The van der Waals surface area contributed by atoms with Crippen molar-refractivity contribution in [3.63, 3.8) is 0 Å².